The SMILES string of the molecule is CC(C)(CO)c1ccc(C2CCCCN2)cc1. The zero-order valence-electron chi connectivity index (χ0n) is 10.9. The minimum Gasteiger partial charge on any atom is -0.395 e. The number of benzene rings is 1. The van der Waals surface area contributed by atoms with Gasteiger partial charge < -0.3 is 10.4 Å². The van der Waals surface area contributed by atoms with Crippen LogP contribution in [-0.4, -0.2) is 18.3 Å². The molecule has 2 heteroatoms. The van der Waals surface area contributed by atoms with E-state index in [4.69, 9.17) is 0 Å². The van der Waals surface area contributed by atoms with Gasteiger partial charge in [0, 0.05) is 11.5 Å². The highest BCUT2D eigenvalue weighted by atomic mass is 16.3. The number of aliphatic hydroxyl groups excluding tert-OH is 1. The van der Waals surface area contributed by atoms with Crippen LogP contribution >= 0.6 is 0 Å². The fourth-order valence-electron chi connectivity index (χ4n) is 2.39. The molecule has 1 aliphatic rings. The average Bonchev–Trinajstić information content (AvgIpc) is 2.40. The molecule has 2 N–H and O–H groups in total. The van der Waals surface area contributed by atoms with Crippen molar-refractivity contribution < 1.29 is 5.11 Å². The van der Waals surface area contributed by atoms with Crippen molar-refractivity contribution in [2.24, 2.45) is 0 Å². The van der Waals surface area contributed by atoms with E-state index < -0.39 is 0 Å². The molecular weight excluding hydrogens is 210 g/mol. The van der Waals surface area contributed by atoms with Crippen LogP contribution in [0.3, 0.4) is 0 Å². The van der Waals surface area contributed by atoms with E-state index in [1.165, 1.54) is 30.4 Å². The molecule has 1 aromatic carbocycles. The average molecular weight is 233 g/mol. The first-order valence-electron chi connectivity index (χ1n) is 6.58. The van der Waals surface area contributed by atoms with Crippen LogP contribution in [0.5, 0.6) is 0 Å². The summed E-state index contributed by atoms with van der Waals surface area (Å²) in [6.07, 6.45) is 3.86. The van der Waals surface area contributed by atoms with Crippen molar-refractivity contribution >= 4 is 0 Å². The third-order valence-corrected chi connectivity index (χ3v) is 3.80. The molecule has 0 aromatic heterocycles. The van der Waals surface area contributed by atoms with Gasteiger partial charge in [0.15, 0.2) is 0 Å². The van der Waals surface area contributed by atoms with E-state index in [0.717, 1.165) is 6.54 Å². The first-order chi connectivity index (χ1) is 8.13. The number of aliphatic hydroxyl groups is 1. The quantitative estimate of drug-likeness (QED) is 0.841. The van der Waals surface area contributed by atoms with Crippen molar-refractivity contribution in [2.75, 3.05) is 13.2 Å². The van der Waals surface area contributed by atoms with E-state index in [2.05, 4.69) is 43.4 Å². The van der Waals surface area contributed by atoms with Crippen molar-refractivity contribution in [3.8, 4) is 0 Å². The van der Waals surface area contributed by atoms with Gasteiger partial charge in [-0.3, -0.25) is 0 Å². The Morgan fingerprint density at radius 2 is 1.94 bits per heavy atom. The Morgan fingerprint density at radius 1 is 1.24 bits per heavy atom. The number of rotatable bonds is 3. The van der Waals surface area contributed by atoms with Crippen LogP contribution in [-0.2, 0) is 5.41 Å². The summed E-state index contributed by atoms with van der Waals surface area (Å²) in [6.45, 7) is 5.46. The summed E-state index contributed by atoms with van der Waals surface area (Å²) in [4.78, 5) is 0. The van der Waals surface area contributed by atoms with Gasteiger partial charge in [0.1, 0.15) is 0 Å². The summed E-state index contributed by atoms with van der Waals surface area (Å²) in [5, 5.41) is 12.9. The Labute approximate surface area is 104 Å². The summed E-state index contributed by atoms with van der Waals surface area (Å²) in [5.41, 5.74) is 2.44. The van der Waals surface area contributed by atoms with Crippen LogP contribution in [0.25, 0.3) is 0 Å². The first kappa shape index (κ1) is 12.6. The van der Waals surface area contributed by atoms with Crippen molar-refractivity contribution in [1.29, 1.82) is 0 Å². The normalized spacial score (nSPS) is 21.5. The molecule has 1 aromatic rings. The fraction of sp³-hybridized carbons (Fsp3) is 0.600. The smallest absolute Gasteiger partial charge is 0.0522 e. The summed E-state index contributed by atoms with van der Waals surface area (Å²) >= 11 is 0. The molecule has 1 atom stereocenters. The van der Waals surface area contributed by atoms with Crippen LogP contribution in [0, 0.1) is 0 Å². The molecule has 2 nitrogen and oxygen atoms in total. The van der Waals surface area contributed by atoms with Crippen LogP contribution in [0.15, 0.2) is 24.3 Å². The minimum atomic E-state index is -0.140. The van der Waals surface area contributed by atoms with E-state index in [1.54, 1.807) is 0 Å². The standard InChI is InChI=1S/C15H23NO/c1-15(2,11-17)13-8-6-12(7-9-13)14-5-3-4-10-16-14/h6-9,14,16-17H,3-5,10-11H2,1-2H3. The maximum Gasteiger partial charge on any atom is 0.0522 e. The first-order valence-corrected chi connectivity index (χ1v) is 6.58. The highest BCUT2D eigenvalue weighted by Crippen LogP contribution is 2.27. The lowest BCUT2D eigenvalue weighted by atomic mass is 9.84. The van der Waals surface area contributed by atoms with Gasteiger partial charge in [-0.2, -0.15) is 0 Å². The monoisotopic (exact) mass is 233 g/mol. The van der Waals surface area contributed by atoms with Gasteiger partial charge >= 0.3 is 0 Å². The number of nitrogens with one attached hydrogen (secondary N) is 1. The number of hydrogen-bond acceptors (Lipinski definition) is 2. The maximum absolute atomic E-state index is 9.35. The van der Waals surface area contributed by atoms with E-state index >= 15 is 0 Å². The largest absolute Gasteiger partial charge is 0.395 e. The van der Waals surface area contributed by atoms with Crippen molar-refractivity contribution in [3.63, 3.8) is 0 Å². The second kappa shape index (κ2) is 5.19. The molecule has 1 fully saturated rings. The van der Waals surface area contributed by atoms with Gasteiger partial charge in [-0.05, 0) is 30.5 Å². The van der Waals surface area contributed by atoms with Gasteiger partial charge in [-0.15, -0.1) is 0 Å². The Balaban J connectivity index is 2.12. The Kier molecular flexibility index (Phi) is 3.85. The molecular formula is C15H23NO. The number of hydrogen-bond donors (Lipinski definition) is 2. The fourth-order valence-corrected chi connectivity index (χ4v) is 2.39. The van der Waals surface area contributed by atoms with Crippen LogP contribution in [0.4, 0.5) is 0 Å². The van der Waals surface area contributed by atoms with Crippen molar-refractivity contribution in [3.05, 3.63) is 35.4 Å². The summed E-state index contributed by atoms with van der Waals surface area (Å²) in [6, 6.07) is 9.24. The topological polar surface area (TPSA) is 32.3 Å². The van der Waals surface area contributed by atoms with Crippen LogP contribution < -0.4 is 5.32 Å². The van der Waals surface area contributed by atoms with E-state index in [9.17, 15) is 5.11 Å². The van der Waals surface area contributed by atoms with Crippen molar-refractivity contribution in [1.82, 2.24) is 5.32 Å². The van der Waals surface area contributed by atoms with E-state index in [1.807, 2.05) is 0 Å². The molecule has 0 saturated carbocycles. The van der Waals surface area contributed by atoms with Gasteiger partial charge in [0.2, 0.25) is 0 Å². The van der Waals surface area contributed by atoms with Gasteiger partial charge in [0.05, 0.1) is 6.61 Å². The summed E-state index contributed by atoms with van der Waals surface area (Å²) in [7, 11) is 0. The minimum absolute atomic E-state index is 0.140. The third kappa shape index (κ3) is 2.88. The Morgan fingerprint density at radius 3 is 2.47 bits per heavy atom. The molecule has 17 heavy (non-hydrogen) atoms. The summed E-state index contributed by atoms with van der Waals surface area (Å²) in [5.74, 6) is 0. The summed E-state index contributed by atoms with van der Waals surface area (Å²) < 4.78 is 0. The van der Waals surface area contributed by atoms with Gasteiger partial charge in [-0.25, -0.2) is 0 Å². The predicted octanol–water partition coefficient (Wildman–Crippen LogP) is 2.77. The van der Waals surface area contributed by atoms with E-state index in [0.29, 0.717) is 6.04 Å². The second-order valence-corrected chi connectivity index (χ2v) is 5.67. The maximum atomic E-state index is 9.35. The Hall–Kier alpha value is -0.860. The lowest BCUT2D eigenvalue weighted by molar-refractivity contribution is 0.218. The lowest BCUT2D eigenvalue weighted by Crippen LogP contribution is -2.27. The van der Waals surface area contributed by atoms with Gasteiger partial charge in [-0.1, -0.05) is 44.5 Å². The molecule has 0 aliphatic carbocycles. The Bertz CT molecular complexity index is 350. The van der Waals surface area contributed by atoms with Gasteiger partial charge in [0.25, 0.3) is 0 Å². The lowest BCUT2D eigenvalue weighted by Gasteiger charge is -2.26. The zero-order chi connectivity index (χ0) is 12.3. The molecule has 1 saturated heterocycles. The molecule has 0 amide bonds. The molecule has 0 radical (unpaired) electrons. The van der Waals surface area contributed by atoms with Crippen molar-refractivity contribution in [2.45, 2.75) is 44.6 Å². The van der Waals surface area contributed by atoms with Crippen LogP contribution in [0.1, 0.15) is 50.3 Å². The number of piperidine rings is 1. The molecule has 0 bridgehead atoms. The highest BCUT2D eigenvalue weighted by Gasteiger charge is 2.20. The molecule has 1 aliphatic heterocycles. The molecule has 1 unspecified atom stereocenters. The second-order valence-electron chi connectivity index (χ2n) is 5.67. The third-order valence-electron chi connectivity index (χ3n) is 3.80. The van der Waals surface area contributed by atoms with E-state index in [-0.39, 0.29) is 12.0 Å². The highest BCUT2D eigenvalue weighted by molar-refractivity contribution is 5.30. The predicted molar refractivity (Wildman–Crippen MR) is 71.1 cm³/mol. The molecule has 1 heterocycles. The van der Waals surface area contributed by atoms with Crippen LogP contribution in [0.2, 0.25) is 0 Å². The molecule has 94 valence electrons. The molecule has 0 spiro atoms. The molecule has 2 rings (SSSR count). The zero-order valence-corrected chi connectivity index (χ0v) is 10.9.